The number of hydrogen-bond acceptors (Lipinski definition) is 6. The molecule has 1 aliphatic heterocycles. The van der Waals surface area contributed by atoms with Crippen molar-refractivity contribution in [3.05, 3.63) is 31.5 Å². The molecule has 0 aromatic heterocycles. The molecule has 1 aromatic carbocycles. The van der Waals surface area contributed by atoms with Crippen LogP contribution in [0.3, 0.4) is 0 Å². The van der Waals surface area contributed by atoms with Gasteiger partial charge in [0, 0.05) is 6.54 Å². The first-order valence-corrected chi connectivity index (χ1v) is 10.2. The molecule has 134 valence electrons. The highest BCUT2D eigenvalue weighted by Gasteiger charge is 2.30. The number of rotatable bonds is 6. The number of esters is 1. The van der Waals surface area contributed by atoms with E-state index in [4.69, 9.17) is 21.7 Å². The van der Waals surface area contributed by atoms with Crippen molar-refractivity contribution in [3.8, 4) is 5.75 Å². The first kappa shape index (κ1) is 20.4. The van der Waals surface area contributed by atoms with Crippen LogP contribution in [0.15, 0.2) is 26.0 Å². The summed E-state index contributed by atoms with van der Waals surface area (Å²) in [5, 5.41) is 0. The van der Waals surface area contributed by atoms with Crippen molar-refractivity contribution in [3.63, 3.8) is 0 Å². The fourth-order valence-electron chi connectivity index (χ4n) is 2.06. The van der Waals surface area contributed by atoms with Crippen molar-refractivity contribution in [2.24, 2.45) is 0 Å². The molecule has 1 fully saturated rings. The van der Waals surface area contributed by atoms with Crippen LogP contribution in [0.4, 0.5) is 0 Å². The molecule has 0 atom stereocenters. The molecule has 9 heteroatoms. The van der Waals surface area contributed by atoms with Gasteiger partial charge in [-0.2, -0.15) is 0 Å². The first-order valence-electron chi connectivity index (χ1n) is 7.40. The van der Waals surface area contributed by atoms with Gasteiger partial charge in [0.25, 0.3) is 5.91 Å². The lowest BCUT2D eigenvalue weighted by molar-refractivity contribution is -0.145. The third-order valence-electron chi connectivity index (χ3n) is 3.15. The number of amides is 1. The van der Waals surface area contributed by atoms with Gasteiger partial charge in [-0.05, 0) is 69.5 Å². The van der Waals surface area contributed by atoms with Crippen LogP contribution in [-0.2, 0) is 14.3 Å². The first-order chi connectivity index (χ1) is 11.9. The normalized spacial score (nSPS) is 15.8. The van der Waals surface area contributed by atoms with E-state index in [2.05, 4.69) is 31.9 Å². The number of ether oxygens (including phenoxy) is 2. The number of carbonyl (C=O) groups excluding carboxylic acids is 2. The van der Waals surface area contributed by atoms with Crippen molar-refractivity contribution in [1.29, 1.82) is 0 Å². The largest absolute Gasteiger partial charge is 0.480 e. The topological polar surface area (TPSA) is 55.8 Å². The fraction of sp³-hybridized carbons (Fsp3) is 0.312. The Kier molecular flexibility index (Phi) is 7.48. The van der Waals surface area contributed by atoms with Gasteiger partial charge >= 0.3 is 5.97 Å². The third-order valence-corrected chi connectivity index (χ3v) is 5.70. The molecule has 1 saturated heterocycles. The van der Waals surface area contributed by atoms with Gasteiger partial charge in [-0.1, -0.05) is 24.0 Å². The summed E-state index contributed by atoms with van der Waals surface area (Å²) in [6.07, 6.45) is 1.78. The summed E-state index contributed by atoms with van der Waals surface area (Å²) in [6.45, 7) is 4.30. The predicted octanol–water partition coefficient (Wildman–Crippen LogP) is 4.37. The maximum Gasteiger partial charge on any atom is 0.344 e. The zero-order valence-electron chi connectivity index (χ0n) is 13.5. The van der Waals surface area contributed by atoms with Crippen molar-refractivity contribution >= 4 is 78.1 Å². The minimum absolute atomic E-state index is 0.0904. The quantitative estimate of drug-likeness (QED) is 0.323. The molecule has 1 aromatic rings. The highest BCUT2D eigenvalue weighted by atomic mass is 79.9. The third kappa shape index (κ3) is 5.06. The van der Waals surface area contributed by atoms with E-state index in [1.165, 1.54) is 11.8 Å². The second-order valence-electron chi connectivity index (χ2n) is 4.83. The second-order valence-corrected chi connectivity index (χ2v) is 8.22. The average Bonchev–Trinajstić information content (AvgIpc) is 2.80. The van der Waals surface area contributed by atoms with Crippen molar-refractivity contribution in [2.75, 3.05) is 19.8 Å². The zero-order valence-corrected chi connectivity index (χ0v) is 18.3. The number of likely N-dealkylation sites (N-methyl/N-ethyl adjacent to an activating group) is 1. The van der Waals surface area contributed by atoms with Crippen LogP contribution in [0.2, 0.25) is 0 Å². The van der Waals surface area contributed by atoms with Crippen molar-refractivity contribution < 1.29 is 19.1 Å². The van der Waals surface area contributed by atoms with Crippen LogP contribution in [0.25, 0.3) is 6.08 Å². The summed E-state index contributed by atoms with van der Waals surface area (Å²) in [7, 11) is 0. The average molecular weight is 509 g/mol. The molecule has 0 unspecified atom stereocenters. The Labute approximate surface area is 172 Å². The molecular weight excluding hydrogens is 494 g/mol. The molecule has 0 bridgehead atoms. The van der Waals surface area contributed by atoms with Gasteiger partial charge < -0.3 is 9.47 Å². The van der Waals surface area contributed by atoms with Gasteiger partial charge in [-0.25, -0.2) is 4.79 Å². The summed E-state index contributed by atoms with van der Waals surface area (Å²) in [6, 6.07) is 3.62. The molecule has 1 aliphatic rings. The highest BCUT2D eigenvalue weighted by Crippen LogP contribution is 2.37. The predicted molar refractivity (Wildman–Crippen MR) is 110 cm³/mol. The van der Waals surface area contributed by atoms with Crippen molar-refractivity contribution in [1.82, 2.24) is 4.90 Å². The van der Waals surface area contributed by atoms with Crippen LogP contribution < -0.4 is 4.74 Å². The van der Waals surface area contributed by atoms with Crippen molar-refractivity contribution in [2.45, 2.75) is 13.8 Å². The molecule has 0 aliphatic carbocycles. The lowest BCUT2D eigenvalue weighted by Gasteiger charge is -2.11. The lowest BCUT2D eigenvalue weighted by atomic mass is 10.2. The Hall–Kier alpha value is -0.900. The number of halogens is 2. The van der Waals surface area contributed by atoms with E-state index in [9.17, 15) is 9.59 Å². The van der Waals surface area contributed by atoms with Gasteiger partial charge in [0.2, 0.25) is 0 Å². The van der Waals surface area contributed by atoms with Gasteiger partial charge in [-0.3, -0.25) is 9.69 Å². The maximum absolute atomic E-state index is 12.3. The number of benzene rings is 1. The number of hydrogen-bond donors (Lipinski definition) is 0. The smallest absolute Gasteiger partial charge is 0.344 e. The molecule has 0 saturated carbocycles. The van der Waals surface area contributed by atoms with E-state index >= 15 is 0 Å². The van der Waals surface area contributed by atoms with E-state index in [-0.39, 0.29) is 12.5 Å². The number of thioether (sulfide) groups is 1. The Morgan fingerprint density at radius 2 is 1.96 bits per heavy atom. The van der Waals surface area contributed by atoms with E-state index in [0.717, 1.165) is 5.56 Å². The van der Waals surface area contributed by atoms with Gasteiger partial charge in [0.1, 0.15) is 10.1 Å². The Balaban J connectivity index is 2.20. The Bertz CT molecular complexity index is 729. The number of carbonyl (C=O) groups is 2. The number of nitrogens with zero attached hydrogens (tertiary/aromatic N) is 1. The van der Waals surface area contributed by atoms with E-state index in [0.29, 0.717) is 37.1 Å². The van der Waals surface area contributed by atoms with Crippen LogP contribution in [0.5, 0.6) is 5.75 Å². The molecule has 1 heterocycles. The molecule has 1 amide bonds. The molecular formula is C16H15Br2NO4S2. The van der Waals surface area contributed by atoms with Gasteiger partial charge in [0.05, 0.1) is 20.5 Å². The summed E-state index contributed by atoms with van der Waals surface area (Å²) in [4.78, 5) is 25.8. The van der Waals surface area contributed by atoms with Crippen LogP contribution >= 0.6 is 55.8 Å². The standard InChI is InChI=1S/C16H15Br2NO4S2/c1-3-19-15(21)12(25-16(19)24)7-9-5-10(17)14(11(18)6-9)23-8-13(20)22-4-2/h5-7H,3-4,8H2,1-2H3/b12-7-. The highest BCUT2D eigenvalue weighted by molar-refractivity contribution is 9.11. The number of thiocarbonyl (C=S) groups is 1. The summed E-state index contributed by atoms with van der Waals surface area (Å²) in [5.74, 6) is -0.0349. The molecule has 0 radical (unpaired) electrons. The molecule has 0 N–H and O–H groups in total. The van der Waals surface area contributed by atoms with E-state index in [1.54, 1.807) is 17.9 Å². The van der Waals surface area contributed by atoms with Gasteiger partial charge in [-0.15, -0.1) is 0 Å². The summed E-state index contributed by atoms with van der Waals surface area (Å²) in [5.41, 5.74) is 0.804. The SMILES string of the molecule is CCOC(=O)COc1c(Br)cc(/C=C2\SC(=S)N(CC)C2=O)cc1Br. The summed E-state index contributed by atoms with van der Waals surface area (Å²) < 4.78 is 12.2. The molecule has 2 rings (SSSR count). The Morgan fingerprint density at radius 1 is 1.32 bits per heavy atom. The van der Waals surface area contributed by atoms with E-state index in [1.807, 2.05) is 19.1 Å². The minimum atomic E-state index is -0.436. The Morgan fingerprint density at radius 3 is 2.48 bits per heavy atom. The monoisotopic (exact) mass is 507 g/mol. The second kappa shape index (κ2) is 9.16. The van der Waals surface area contributed by atoms with Crippen LogP contribution in [0.1, 0.15) is 19.4 Å². The molecule has 25 heavy (non-hydrogen) atoms. The van der Waals surface area contributed by atoms with Gasteiger partial charge in [0.15, 0.2) is 6.61 Å². The summed E-state index contributed by atoms with van der Waals surface area (Å²) >= 11 is 13.3. The van der Waals surface area contributed by atoms with E-state index < -0.39 is 5.97 Å². The molecule has 5 nitrogen and oxygen atoms in total. The van der Waals surface area contributed by atoms with Crippen LogP contribution in [0, 0.1) is 0 Å². The lowest BCUT2D eigenvalue weighted by Crippen LogP contribution is -2.27. The van der Waals surface area contributed by atoms with Crippen LogP contribution in [-0.4, -0.2) is 40.9 Å². The maximum atomic E-state index is 12.3. The fourth-order valence-corrected chi connectivity index (χ4v) is 4.89. The molecule has 0 spiro atoms. The minimum Gasteiger partial charge on any atom is -0.480 e. The zero-order chi connectivity index (χ0) is 18.6.